The van der Waals surface area contributed by atoms with Gasteiger partial charge in [-0.25, -0.2) is 11.7 Å². The lowest BCUT2D eigenvalue weighted by molar-refractivity contribution is 0.0914. The van der Waals surface area contributed by atoms with Gasteiger partial charge in [-0.05, 0) is 0 Å². The molecule has 1 rings (SSSR count). The number of rotatable bonds is 2. The van der Waals surface area contributed by atoms with Crippen molar-refractivity contribution >= 4 is 11.8 Å². The highest BCUT2D eigenvalue weighted by atomic mass is 16.2. The summed E-state index contributed by atoms with van der Waals surface area (Å²) in [7, 11) is 1.51. The summed E-state index contributed by atoms with van der Waals surface area (Å²) in [5, 5.41) is 3.74. The van der Waals surface area contributed by atoms with E-state index >= 15 is 0 Å². The van der Waals surface area contributed by atoms with Crippen molar-refractivity contribution in [2.75, 3.05) is 0 Å². The predicted molar refractivity (Wildman–Crippen MR) is 46.5 cm³/mol. The molecule has 8 nitrogen and oxygen atoms in total. The summed E-state index contributed by atoms with van der Waals surface area (Å²) in [6.07, 6.45) is 1.23. The van der Waals surface area contributed by atoms with Gasteiger partial charge in [0, 0.05) is 7.05 Å². The molecule has 0 unspecified atom stereocenters. The number of amides is 2. The van der Waals surface area contributed by atoms with E-state index in [4.69, 9.17) is 11.7 Å². The second kappa shape index (κ2) is 3.85. The van der Waals surface area contributed by atoms with Crippen molar-refractivity contribution in [3.63, 3.8) is 0 Å². The molecular formula is C6H10N6O2. The van der Waals surface area contributed by atoms with Crippen LogP contribution in [0.3, 0.4) is 0 Å². The molecule has 0 radical (unpaired) electrons. The molecule has 0 saturated carbocycles. The Morgan fingerprint density at radius 1 is 1.36 bits per heavy atom. The van der Waals surface area contributed by atoms with E-state index in [0.717, 1.165) is 0 Å². The van der Waals surface area contributed by atoms with Crippen LogP contribution in [0.1, 0.15) is 20.8 Å². The van der Waals surface area contributed by atoms with Crippen LogP contribution in [0.5, 0.6) is 0 Å². The van der Waals surface area contributed by atoms with E-state index in [9.17, 15) is 9.59 Å². The molecule has 0 aliphatic rings. The smallest absolute Gasteiger partial charge is 0.284 e. The second-order valence-corrected chi connectivity index (χ2v) is 2.48. The molecule has 76 valence electrons. The molecule has 0 atom stereocenters. The van der Waals surface area contributed by atoms with Gasteiger partial charge in [0.15, 0.2) is 0 Å². The van der Waals surface area contributed by atoms with E-state index < -0.39 is 11.8 Å². The van der Waals surface area contributed by atoms with Crippen LogP contribution in [0.4, 0.5) is 0 Å². The third-order valence-electron chi connectivity index (χ3n) is 1.66. The fourth-order valence-electron chi connectivity index (χ4n) is 1.02. The van der Waals surface area contributed by atoms with Gasteiger partial charge in [-0.1, -0.05) is 0 Å². The van der Waals surface area contributed by atoms with Gasteiger partial charge in [0.1, 0.15) is 5.69 Å². The maximum atomic E-state index is 11.2. The normalized spacial score (nSPS) is 9.64. The topological polar surface area (TPSA) is 128 Å². The lowest BCUT2D eigenvalue weighted by atomic mass is 10.2. The molecule has 14 heavy (non-hydrogen) atoms. The van der Waals surface area contributed by atoms with E-state index in [2.05, 4.69) is 5.10 Å². The van der Waals surface area contributed by atoms with Crippen molar-refractivity contribution in [1.29, 1.82) is 0 Å². The van der Waals surface area contributed by atoms with Crippen molar-refractivity contribution in [3.05, 3.63) is 17.5 Å². The number of aromatic nitrogens is 2. The molecule has 1 aromatic rings. The first-order valence-corrected chi connectivity index (χ1v) is 3.65. The van der Waals surface area contributed by atoms with Crippen LogP contribution in [0.15, 0.2) is 6.20 Å². The lowest BCUT2D eigenvalue weighted by Gasteiger charge is -2.02. The number of nitrogens with two attached hydrogens (primary N) is 2. The average molecular weight is 198 g/mol. The summed E-state index contributed by atoms with van der Waals surface area (Å²) >= 11 is 0. The van der Waals surface area contributed by atoms with Gasteiger partial charge in [-0.15, -0.1) is 0 Å². The zero-order valence-corrected chi connectivity index (χ0v) is 7.44. The third-order valence-corrected chi connectivity index (χ3v) is 1.66. The summed E-state index contributed by atoms with van der Waals surface area (Å²) in [6, 6.07) is 0. The van der Waals surface area contributed by atoms with Crippen molar-refractivity contribution in [2.45, 2.75) is 0 Å². The Morgan fingerprint density at radius 2 is 1.93 bits per heavy atom. The number of nitrogen functional groups attached to an aromatic ring is 2. The minimum Gasteiger partial charge on any atom is -0.290 e. The van der Waals surface area contributed by atoms with Gasteiger partial charge in [0.25, 0.3) is 11.8 Å². The van der Waals surface area contributed by atoms with Crippen LogP contribution < -0.4 is 22.5 Å². The first kappa shape index (κ1) is 10.2. The number of aryl methyl sites for hydroxylation is 1. The molecule has 0 fully saturated rings. The molecule has 0 aliphatic carbocycles. The summed E-state index contributed by atoms with van der Waals surface area (Å²) in [4.78, 5) is 22.4. The Hall–Kier alpha value is -1.93. The quantitative estimate of drug-likeness (QED) is 0.240. The van der Waals surface area contributed by atoms with E-state index in [-0.39, 0.29) is 11.3 Å². The Balaban J connectivity index is 3.19. The highest BCUT2D eigenvalue weighted by molar-refractivity contribution is 6.05. The fourth-order valence-corrected chi connectivity index (χ4v) is 1.02. The van der Waals surface area contributed by atoms with Gasteiger partial charge < -0.3 is 0 Å². The number of hydrogen-bond donors (Lipinski definition) is 4. The first-order chi connectivity index (χ1) is 6.61. The minimum absolute atomic E-state index is 0.0513. The standard InChI is InChI=1S/C6H10N6O2/c1-12-4(6(14)11-8)3(2-9-12)5(13)10-7/h2H,7-8H2,1H3,(H,10,13)(H,11,14). The summed E-state index contributed by atoms with van der Waals surface area (Å²) < 4.78 is 1.23. The zero-order chi connectivity index (χ0) is 10.7. The Morgan fingerprint density at radius 3 is 2.43 bits per heavy atom. The molecule has 8 heteroatoms. The van der Waals surface area contributed by atoms with Crippen LogP contribution >= 0.6 is 0 Å². The molecular weight excluding hydrogens is 188 g/mol. The SMILES string of the molecule is Cn1ncc(C(=O)NN)c1C(=O)NN. The average Bonchev–Trinajstić information content (AvgIpc) is 2.58. The maximum Gasteiger partial charge on any atom is 0.284 e. The number of carbonyl (C=O) groups is 2. The highest BCUT2D eigenvalue weighted by Gasteiger charge is 2.20. The van der Waals surface area contributed by atoms with E-state index in [1.165, 1.54) is 17.9 Å². The monoisotopic (exact) mass is 198 g/mol. The van der Waals surface area contributed by atoms with Crippen molar-refractivity contribution in [1.82, 2.24) is 20.6 Å². The van der Waals surface area contributed by atoms with Gasteiger partial charge in [0.05, 0.1) is 11.8 Å². The van der Waals surface area contributed by atoms with Crippen LogP contribution in [-0.4, -0.2) is 21.6 Å². The summed E-state index contributed by atoms with van der Waals surface area (Å²) in [5.74, 6) is 8.66. The number of nitrogens with zero attached hydrogens (tertiary/aromatic N) is 2. The molecule has 1 heterocycles. The maximum absolute atomic E-state index is 11.2. The predicted octanol–water partition coefficient (Wildman–Crippen LogP) is -2.37. The van der Waals surface area contributed by atoms with Crippen LogP contribution in [-0.2, 0) is 7.05 Å². The minimum atomic E-state index is -0.608. The molecule has 2 amide bonds. The van der Waals surface area contributed by atoms with E-state index in [1.54, 1.807) is 0 Å². The molecule has 1 aromatic heterocycles. The molecule has 0 saturated heterocycles. The van der Waals surface area contributed by atoms with Crippen LogP contribution in [0, 0.1) is 0 Å². The third kappa shape index (κ3) is 1.56. The molecule has 0 spiro atoms. The number of carbonyl (C=O) groups excluding carboxylic acids is 2. The van der Waals surface area contributed by atoms with Gasteiger partial charge in [-0.3, -0.25) is 25.1 Å². The van der Waals surface area contributed by atoms with Crippen molar-refractivity contribution in [3.8, 4) is 0 Å². The van der Waals surface area contributed by atoms with Crippen molar-refractivity contribution < 1.29 is 9.59 Å². The highest BCUT2D eigenvalue weighted by Crippen LogP contribution is 2.06. The molecule has 0 bridgehead atoms. The molecule has 0 aromatic carbocycles. The van der Waals surface area contributed by atoms with Crippen LogP contribution in [0.2, 0.25) is 0 Å². The summed E-state index contributed by atoms with van der Waals surface area (Å²) in [5.41, 5.74) is 3.93. The van der Waals surface area contributed by atoms with Crippen LogP contribution in [0.25, 0.3) is 0 Å². The Labute approximate surface area is 79.2 Å². The fraction of sp³-hybridized carbons (Fsp3) is 0.167. The van der Waals surface area contributed by atoms with Crippen molar-refractivity contribution in [2.24, 2.45) is 18.7 Å². The number of hydrazine groups is 2. The lowest BCUT2D eigenvalue weighted by Crippen LogP contribution is -2.35. The molecule has 6 N–H and O–H groups in total. The van der Waals surface area contributed by atoms with Gasteiger partial charge in [-0.2, -0.15) is 5.10 Å². The van der Waals surface area contributed by atoms with Gasteiger partial charge >= 0.3 is 0 Å². The summed E-state index contributed by atoms with van der Waals surface area (Å²) in [6.45, 7) is 0. The number of hydrogen-bond acceptors (Lipinski definition) is 5. The Bertz CT molecular complexity index is 370. The van der Waals surface area contributed by atoms with E-state index in [0.29, 0.717) is 0 Å². The van der Waals surface area contributed by atoms with Gasteiger partial charge in [0.2, 0.25) is 0 Å². The van der Waals surface area contributed by atoms with E-state index in [1.807, 2.05) is 10.9 Å². The molecule has 0 aliphatic heterocycles. The Kier molecular flexibility index (Phi) is 2.79. The number of nitrogens with one attached hydrogen (secondary N) is 2. The zero-order valence-electron chi connectivity index (χ0n) is 7.44. The first-order valence-electron chi connectivity index (χ1n) is 3.65. The largest absolute Gasteiger partial charge is 0.290 e. The second-order valence-electron chi connectivity index (χ2n) is 2.48.